The minimum Gasteiger partial charge on any atom is -0.381 e. The van der Waals surface area contributed by atoms with Gasteiger partial charge in [-0.3, -0.25) is 18.7 Å². The Morgan fingerprint density at radius 2 is 1.42 bits per heavy atom. The highest BCUT2D eigenvalue weighted by Gasteiger charge is 2.09. The molecule has 4 rings (SSSR count). The molecule has 0 spiro atoms. The van der Waals surface area contributed by atoms with Crippen molar-refractivity contribution >= 4 is 21.8 Å². The fraction of sp³-hybridized carbons (Fsp3) is 0.385. The first-order valence-electron chi connectivity index (χ1n) is 12.1. The molecule has 0 saturated heterocycles. The maximum atomic E-state index is 12.9. The quantitative estimate of drug-likeness (QED) is 0.304. The molecule has 2 heterocycles. The third-order valence-corrected chi connectivity index (χ3v) is 6.13. The second-order valence-electron chi connectivity index (χ2n) is 9.07. The van der Waals surface area contributed by atoms with Crippen LogP contribution in [0.15, 0.2) is 61.6 Å². The third-order valence-electron chi connectivity index (χ3n) is 6.13. The van der Waals surface area contributed by atoms with Crippen molar-refractivity contribution in [2.45, 2.75) is 32.4 Å². The number of fused-ring (bicyclic) bond motifs is 2. The van der Waals surface area contributed by atoms with Crippen LogP contribution in [0.4, 0.5) is 0 Å². The van der Waals surface area contributed by atoms with Crippen LogP contribution < -0.4 is 22.5 Å². The van der Waals surface area contributed by atoms with Crippen LogP contribution in [0.3, 0.4) is 0 Å². The Morgan fingerprint density at radius 3 is 2.14 bits per heavy atom. The maximum Gasteiger partial charge on any atom is 0.328 e. The summed E-state index contributed by atoms with van der Waals surface area (Å²) in [5.74, 6) is 0. The van der Waals surface area contributed by atoms with E-state index >= 15 is 0 Å². The number of hydrogen-bond donors (Lipinski definition) is 2. The number of aromatic amines is 2. The molecule has 0 unspecified atom stereocenters. The van der Waals surface area contributed by atoms with Gasteiger partial charge in [-0.15, -0.1) is 0 Å². The van der Waals surface area contributed by atoms with Crippen molar-refractivity contribution in [1.82, 2.24) is 24.0 Å². The first-order chi connectivity index (χ1) is 17.3. The van der Waals surface area contributed by atoms with Crippen LogP contribution in [0.25, 0.3) is 21.8 Å². The lowest BCUT2D eigenvalue weighted by Gasteiger charge is -2.11. The molecule has 0 aliphatic carbocycles. The molecular weight excluding hydrogens is 462 g/mol. The van der Waals surface area contributed by atoms with Gasteiger partial charge in [-0.2, -0.15) is 0 Å². The lowest BCUT2D eigenvalue weighted by atomic mass is 10.1. The molecule has 0 saturated carbocycles. The Labute approximate surface area is 206 Å². The monoisotopic (exact) mass is 493 g/mol. The first-order valence-corrected chi connectivity index (χ1v) is 12.1. The van der Waals surface area contributed by atoms with E-state index in [9.17, 15) is 19.2 Å². The second kappa shape index (κ2) is 11.3. The number of nitrogens with zero attached hydrogens (tertiary/aromatic N) is 3. The number of benzene rings is 2. The van der Waals surface area contributed by atoms with Crippen molar-refractivity contribution in [1.29, 1.82) is 0 Å². The summed E-state index contributed by atoms with van der Waals surface area (Å²) in [5, 5.41) is 0.958. The highest BCUT2D eigenvalue weighted by molar-refractivity contribution is 5.78. The summed E-state index contributed by atoms with van der Waals surface area (Å²) in [6.45, 7) is 2.22. The molecule has 10 nitrogen and oxygen atoms in total. The van der Waals surface area contributed by atoms with Gasteiger partial charge in [0.1, 0.15) is 0 Å². The van der Waals surface area contributed by atoms with Crippen molar-refractivity contribution < 1.29 is 4.74 Å². The van der Waals surface area contributed by atoms with Crippen molar-refractivity contribution in [2.75, 3.05) is 33.9 Å². The minimum absolute atomic E-state index is 0.260. The molecule has 0 atom stereocenters. The predicted molar refractivity (Wildman–Crippen MR) is 140 cm³/mol. The van der Waals surface area contributed by atoms with Crippen LogP contribution in [0, 0.1) is 0 Å². The van der Waals surface area contributed by atoms with Gasteiger partial charge in [0.2, 0.25) is 0 Å². The molecule has 2 aromatic heterocycles. The van der Waals surface area contributed by atoms with E-state index in [1.54, 1.807) is 36.4 Å². The third kappa shape index (κ3) is 5.72. The smallest absolute Gasteiger partial charge is 0.328 e. The van der Waals surface area contributed by atoms with Gasteiger partial charge in [0.15, 0.2) is 0 Å². The number of aromatic nitrogens is 4. The van der Waals surface area contributed by atoms with Crippen LogP contribution >= 0.6 is 0 Å². The number of rotatable bonds is 11. The van der Waals surface area contributed by atoms with Gasteiger partial charge in [-0.05, 0) is 69.7 Å². The van der Waals surface area contributed by atoms with Crippen LogP contribution in [0.2, 0.25) is 0 Å². The minimum atomic E-state index is -0.430. The Kier molecular flexibility index (Phi) is 7.97. The molecule has 0 aliphatic heterocycles. The molecule has 0 bridgehead atoms. The highest BCUT2D eigenvalue weighted by atomic mass is 16.5. The average molecular weight is 494 g/mol. The van der Waals surface area contributed by atoms with E-state index in [2.05, 4.69) is 9.97 Å². The van der Waals surface area contributed by atoms with Crippen LogP contribution in [0.5, 0.6) is 0 Å². The fourth-order valence-corrected chi connectivity index (χ4v) is 4.22. The van der Waals surface area contributed by atoms with E-state index in [1.807, 2.05) is 25.1 Å². The molecule has 10 heteroatoms. The van der Waals surface area contributed by atoms with Gasteiger partial charge in [-0.25, -0.2) is 9.59 Å². The highest BCUT2D eigenvalue weighted by Crippen LogP contribution is 2.10. The predicted octanol–water partition coefficient (Wildman–Crippen LogP) is 1.29. The summed E-state index contributed by atoms with van der Waals surface area (Å²) in [6.07, 6.45) is 1.80. The van der Waals surface area contributed by atoms with Crippen LogP contribution in [-0.4, -0.2) is 57.9 Å². The van der Waals surface area contributed by atoms with Gasteiger partial charge in [0.05, 0.1) is 28.4 Å². The molecule has 36 heavy (non-hydrogen) atoms. The van der Waals surface area contributed by atoms with Crippen molar-refractivity contribution in [3.8, 4) is 0 Å². The van der Waals surface area contributed by atoms with E-state index in [0.717, 1.165) is 12.1 Å². The van der Waals surface area contributed by atoms with Gasteiger partial charge >= 0.3 is 11.4 Å². The molecule has 0 amide bonds. The van der Waals surface area contributed by atoms with E-state index in [1.165, 1.54) is 9.13 Å². The van der Waals surface area contributed by atoms with E-state index < -0.39 is 11.4 Å². The Morgan fingerprint density at radius 1 is 0.778 bits per heavy atom. The van der Waals surface area contributed by atoms with Crippen LogP contribution in [-0.2, 0) is 24.2 Å². The molecular formula is C26H31N5O5. The van der Waals surface area contributed by atoms with E-state index in [0.29, 0.717) is 60.8 Å². The second-order valence-corrected chi connectivity index (χ2v) is 9.07. The number of para-hydroxylation sites is 1. The first kappa shape index (κ1) is 25.3. The van der Waals surface area contributed by atoms with Gasteiger partial charge in [0.25, 0.3) is 11.1 Å². The topological polar surface area (TPSA) is 122 Å². The summed E-state index contributed by atoms with van der Waals surface area (Å²) in [7, 11) is 3.90. The lowest BCUT2D eigenvalue weighted by Crippen LogP contribution is -2.35. The van der Waals surface area contributed by atoms with Crippen molar-refractivity contribution in [2.24, 2.45) is 0 Å². The molecule has 0 fully saturated rings. The van der Waals surface area contributed by atoms with Gasteiger partial charge in [0, 0.05) is 19.7 Å². The number of nitrogens with one attached hydrogen (secondary N) is 2. The van der Waals surface area contributed by atoms with E-state index in [4.69, 9.17) is 4.74 Å². The van der Waals surface area contributed by atoms with E-state index in [-0.39, 0.29) is 17.7 Å². The zero-order valence-electron chi connectivity index (χ0n) is 20.6. The van der Waals surface area contributed by atoms with Crippen molar-refractivity contribution in [3.05, 3.63) is 89.7 Å². The Hall–Kier alpha value is -3.76. The standard InChI is InChI=1S/C26H31N5O5/c1-29(2)12-5-13-30-24(33)20-17-18(9-10-22(20)28-26(30)35)11-16-36-15-6-14-31-23(32)19-7-3-4-8-21(19)27-25(31)34/h3-4,7-10,17H,5-6,11-16H2,1-2H3,(H,27,34)(H,28,35). The molecule has 0 aliphatic rings. The van der Waals surface area contributed by atoms with Crippen LogP contribution in [0.1, 0.15) is 18.4 Å². The van der Waals surface area contributed by atoms with Gasteiger partial charge in [-0.1, -0.05) is 18.2 Å². The van der Waals surface area contributed by atoms with Crippen molar-refractivity contribution in [3.63, 3.8) is 0 Å². The molecule has 0 radical (unpaired) electrons. The average Bonchev–Trinajstić information content (AvgIpc) is 2.85. The molecule has 190 valence electrons. The van der Waals surface area contributed by atoms with Gasteiger partial charge < -0.3 is 19.6 Å². The largest absolute Gasteiger partial charge is 0.381 e. The lowest BCUT2D eigenvalue weighted by molar-refractivity contribution is 0.131. The number of hydrogen-bond acceptors (Lipinski definition) is 6. The molecule has 2 N–H and O–H groups in total. The Bertz CT molecular complexity index is 1600. The summed E-state index contributed by atoms with van der Waals surface area (Å²) >= 11 is 0. The zero-order valence-corrected chi connectivity index (χ0v) is 20.6. The number of ether oxygens (including phenoxy) is 1. The fourth-order valence-electron chi connectivity index (χ4n) is 4.22. The Balaban J connectivity index is 1.33. The maximum absolute atomic E-state index is 12.9. The molecule has 4 aromatic rings. The zero-order chi connectivity index (χ0) is 25.7. The summed E-state index contributed by atoms with van der Waals surface area (Å²) < 4.78 is 8.16. The number of H-pyrrole nitrogens is 2. The normalized spacial score (nSPS) is 11.6. The summed E-state index contributed by atoms with van der Waals surface area (Å²) in [6, 6.07) is 12.3. The SMILES string of the molecule is CN(C)CCCn1c(=O)[nH]c2ccc(CCOCCCn3c(=O)[nH]c4ccccc4c3=O)cc2c1=O. The summed E-state index contributed by atoms with van der Waals surface area (Å²) in [5.41, 5.74) is 0.544. The summed E-state index contributed by atoms with van der Waals surface area (Å²) in [4.78, 5) is 57.6. The molecule has 2 aromatic carbocycles.